The summed E-state index contributed by atoms with van der Waals surface area (Å²) in [6.07, 6.45) is -1.28. The minimum absolute atomic E-state index is 0.0194. The average Bonchev–Trinajstić information content (AvgIpc) is 3.18. The van der Waals surface area contributed by atoms with Gasteiger partial charge in [-0.25, -0.2) is 0 Å². The van der Waals surface area contributed by atoms with E-state index >= 15 is 0 Å². The largest absolute Gasteiger partial charge is 0.491 e. The molecule has 0 aliphatic carbocycles. The first-order valence-corrected chi connectivity index (χ1v) is 13.0. The molecule has 1 aromatic heterocycles. The quantitative estimate of drug-likeness (QED) is 0.295. The van der Waals surface area contributed by atoms with Crippen LogP contribution in [0.25, 0.3) is 0 Å². The van der Waals surface area contributed by atoms with Crippen LogP contribution in [0.4, 0.5) is 0 Å². The van der Waals surface area contributed by atoms with E-state index in [1.165, 1.54) is 27.7 Å². The summed E-state index contributed by atoms with van der Waals surface area (Å²) in [5.74, 6) is -1.06. The molecule has 1 saturated heterocycles. The first-order chi connectivity index (χ1) is 18.9. The number of hydrogen-bond acceptors (Lipinski definition) is 11. The van der Waals surface area contributed by atoms with E-state index in [1.54, 1.807) is 0 Å². The Morgan fingerprint density at radius 2 is 1.65 bits per heavy atom. The van der Waals surface area contributed by atoms with Gasteiger partial charge in [-0.3, -0.25) is 19.2 Å². The van der Waals surface area contributed by atoms with Crippen molar-refractivity contribution in [3.63, 3.8) is 0 Å². The molecule has 40 heavy (non-hydrogen) atoms. The van der Waals surface area contributed by atoms with Gasteiger partial charge in [0.2, 0.25) is 18.1 Å². The van der Waals surface area contributed by atoms with Crippen molar-refractivity contribution >= 4 is 23.8 Å². The van der Waals surface area contributed by atoms with Crippen LogP contribution < -0.4 is 9.47 Å². The van der Waals surface area contributed by atoms with Crippen LogP contribution in [-0.4, -0.2) is 64.8 Å². The minimum atomic E-state index is -0.934. The zero-order chi connectivity index (χ0) is 29.4. The molecule has 218 valence electrons. The lowest BCUT2D eigenvalue weighted by Crippen LogP contribution is -2.42. The summed E-state index contributed by atoms with van der Waals surface area (Å²) in [5, 5.41) is 4.38. The maximum atomic E-state index is 12.5. The van der Waals surface area contributed by atoms with E-state index in [4.69, 9.17) is 28.4 Å². The summed E-state index contributed by atoms with van der Waals surface area (Å²) in [4.78, 5) is 47.1. The van der Waals surface area contributed by atoms with Crippen LogP contribution in [0.5, 0.6) is 11.6 Å². The summed E-state index contributed by atoms with van der Waals surface area (Å²) >= 11 is 0. The van der Waals surface area contributed by atoms with Gasteiger partial charge >= 0.3 is 17.9 Å². The second-order valence-electron chi connectivity index (χ2n) is 9.74. The van der Waals surface area contributed by atoms with Crippen LogP contribution in [-0.2, 0) is 46.4 Å². The van der Waals surface area contributed by atoms with Crippen molar-refractivity contribution in [3.8, 4) is 11.6 Å². The third kappa shape index (κ3) is 9.08. The normalized spacial score (nSPS) is 18.6. The first kappa shape index (κ1) is 30.6. The second kappa shape index (κ2) is 13.9. The summed E-state index contributed by atoms with van der Waals surface area (Å²) < 4.78 is 34.7. The van der Waals surface area contributed by atoms with Crippen molar-refractivity contribution in [1.82, 2.24) is 9.78 Å². The van der Waals surface area contributed by atoms with Crippen LogP contribution in [0.15, 0.2) is 24.3 Å². The average molecular weight is 561 g/mol. The molecule has 12 nitrogen and oxygen atoms in total. The summed E-state index contributed by atoms with van der Waals surface area (Å²) in [6.45, 7) is 8.81. The predicted molar refractivity (Wildman–Crippen MR) is 140 cm³/mol. The molecule has 3 atom stereocenters. The Morgan fingerprint density at radius 1 is 0.975 bits per heavy atom. The molecule has 1 fully saturated rings. The van der Waals surface area contributed by atoms with Crippen molar-refractivity contribution in [2.24, 2.45) is 0 Å². The van der Waals surface area contributed by atoms with Crippen LogP contribution >= 0.6 is 0 Å². The van der Waals surface area contributed by atoms with E-state index < -0.39 is 42.3 Å². The summed E-state index contributed by atoms with van der Waals surface area (Å²) in [5.41, 5.74) is 1.73. The molecule has 1 aliphatic rings. The van der Waals surface area contributed by atoms with E-state index in [9.17, 15) is 19.2 Å². The molecule has 3 rings (SSSR count). The number of carbonyl (C=O) groups is 4. The fourth-order valence-electron chi connectivity index (χ4n) is 4.25. The molecule has 1 aromatic carbocycles. The number of aromatic nitrogens is 2. The van der Waals surface area contributed by atoms with Crippen molar-refractivity contribution in [2.75, 3.05) is 6.61 Å². The Bertz CT molecular complexity index is 1200. The van der Waals surface area contributed by atoms with Crippen molar-refractivity contribution in [2.45, 2.75) is 92.0 Å². The van der Waals surface area contributed by atoms with Crippen molar-refractivity contribution < 1.29 is 47.6 Å². The maximum Gasteiger partial charge on any atom is 0.303 e. The molecule has 12 heteroatoms. The van der Waals surface area contributed by atoms with E-state index in [0.29, 0.717) is 23.4 Å². The monoisotopic (exact) mass is 560 g/mol. The van der Waals surface area contributed by atoms with Gasteiger partial charge in [0.1, 0.15) is 25.1 Å². The van der Waals surface area contributed by atoms with Gasteiger partial charge < -0.3 is 28.4 Å². The Morgan fingerprint density at radius 3 is 2.23 bits per heavy atom. The summed E-state index contributed by atoms with van der Waals surface area (Å²) in [6, 6.07) is 7.44. The number of benzene rings is 1. The topological polar surface area (TPSA) is 141 Å². The van der Waals surface area contributed by atoms with Gasteiger partial charge in [-0.1, -0.05) is 12.1 Å². The standard InChI is InChI=1S/C28H36N2O10/c1-16(2)37-22-9-7-21(8-10-22)11-25-26(15-36-19(5)33)30(17(3)31)29-28(25)40-27-13-23(38-20(6)34)12-24(39-27)14-35-18(4)32/h7-10,16,23-24,27H,11-15H2,1-6H3/t23-,24-,27-/m0/s1. The molecule has 0 bridgehead atoms. The molecular weight excluding hydrogens is 524 g/mol. The highest BCUT2D eigenvalue weighted by Gasteiger charge is 2.35. The molecule has 2 heterocycles. The number of ether oxygens (including phenoxy) is 6. The highest BCUT2D eigenvalue weighted by molar-refractivity contribution is 5.77. The lowest BCUT2D eigenvalue weighted by molar-refractivity contribution is -0.202. The third-order valence-corrected chi connectivity index (χ3v) is 5.81. The molecule has 0 unspecified atom stereocenters. The highest BCUT2D eigenvalue weighted by atomic mass is 16.7. The maximum absolute atomic E-state index is 12.5. The zero-order valence-corrected chi connectivity index (χ0v) is 23.6. The summed E-state index contributed by atoms with van der Waals surface area (Å²) in [7, 11) is 0. The minimum Gasteiger partial charge on any atom is -0.491 e. The number of nitrogens with zero attached hydrogens (tertiary/aromatic N) is 2. The molecule has 2 aromatic rings. The van der Waals surface area contributed by atoms with Gasteiger partial charge in [0.05, 0.1) is 17.9 Å². The Labute approximate surface area is 232 Å². The van der Waals surface area contributed by atoms with Crippen molar-refractivity contribution in [1.29, 1.82) is 0 Å². The molecule has 1 aliphatic heterocycles. The number of esters is 3. The Kier molecular flexibility index (Phi) is 10.7. The lowest BCUT2D eigenvalue weighted by Gasteiger charge is -2.34. The molecule has 0 saturated carbocycles. The van der Waals surface area contributed by atoms with Gasteiger partial charge in [0.25, 0.3) is 0 Å². The second-order valence-corrected chi connectivity index (χ2v) is 9.74. The molecular formula is C28H36N2O10. The van der Waals surface area contributed by atoms with E-state index in [2.05, 4.69) is 5.10 Å². The fraction of sp³-hybridized carbons (Fsp3) is 0.536. The van der Waals surface area contributed by atoms with Crippen LogP contribution in [0.3, 0.4) is 0 Å². The molecule has 0 N–H and O–H groups in total. The van der Waals surface area contributed by atoms with E-state index in [0.717, 1.165) is 10.2 Å². The van der Waals surface area contributed by atoms with Gasteiger partial charge in [-0.15, -0.1) is 5.10 Å². The van der Waals surface area contributed by atoms with Crippen LogP contribution in [0, 0.1) is 0 Å². The van der Waals surface area contributed by atoms with E-state index in [-0.39, 0.29) is 38.0 Å². The lowest BCUT2D eigenvalue weighted by atomic mass is 10.0. The van der Waals surface area contributed by atoms with Gasteiger partial charge in [-0.2, -0.15) is 4.68 Å². The Balaban J connectivity index is 1.94. The number of rotatable bonds is 11. The van der Waals surface area contributed by atoms with Gasteiger partial charge in [0.15, 0.2) is 0 Å². The fourth-order valence-corrected chi connectivity index (χ4v) is 4.25. The van der Waals surface area contributed by atoms with Crippen LogP contribution in [0.1, 0.15) is 76.0 Å². The molecule has 0 radical (unpaired) electrons. The number of hydrogen-bond donors (Lipinski definition) is 0. The van der Waals surface area contributed by atoms with Crippen molar-refractivity contribution in [3.05, 3.63) is 41.1 Å². The Hall–Kier alpha value is -3.93. The highest BCUT2D eigenvalue weighted by Crippen LogP contribution is 2.31. The van der Waals surface area contributed by atoms with Gasteiger partial charge in [-0.05, 0) is 31.5 Å². The molecule has 0 spiro atoms. The van der Waals surface area contributed by atoms with E-state index in [1.807, 2.05) is 38.1 Å². The smallest absolute Gasteiger partial charge is 0.303 e. The predicted octanol–water partition coefficient (Wildman–Crippen LogP) is 3.36. The number of carbonyl (C=O) groups excluding carboxylic acids is 4. The van der Waals surface area contributed by atoms with Crippen LogP contribution in [0.2, 0.25) is 0 Å². The first-order valence-electron chi connectivity index (χ1n) is 13.0. The SMILES string of the molecule is CC(=O)OCc1c(Cc2ccc(OC(C)C)cc2)c(O[C@H]2C[C@@H](OC(C)=O)C[C@@H](COC(C)=O)O2)nn1C(C)=O. The van der Waals surface area contributed by atoms with Gasteiger partial charge in [0, 0.05) is 52.5 Å². The zero-order valence-electron chi connectivity index (χ0n) is 23.6. The molecule has 0 amide bonds. The third-order valence-electron chi connectivity index (χ3n) is 5.81.